The van der Waals surface area contributed by atoms with Crippen molar-refractivity contribution in [2.45, 2.75) is 45.6 Å². The van der Waals surface area contributed by atoms with Crippen LogP contribution in [-0.4, -0.2) is 19.3 Å². The smallest absolute Gasteiger partial charge is 0.131 e. The SMILES string of the molecule is CC[C@H](C)Cc1ccc(-c2ccc(-c3ccc(OCCCC4CO4)cc3)cc2)c(F)c1. The van der Waals surface area contributed by atoms with Crippen molar-refractivity contribution in [3.8, 4) is 28.0 Å². The van der Waals surface area contributed by atoms with Crippen molar-refractivity contribution in [3.05, 3.63) is 78.1 Å². The van der Waals surface area contributed by atoms with Crippen LogP contribution in [0.2, 0.25) is 0 Å². The molecular formula is C28H31FO2. The van der Waals surface area contributed by atoms with Gasteiger partial charge in [0.25, 0.3) is 0 Å². The maximum Gasteiger partial charge on any atom is 0.131 e. The average molecular weight is 419 g/mol. The fraction of sp³-hybridized carbons (Fsp3) is 0.357. The van der Waals surface area contributed by atoms with Crippen LogP contribution in [0.15, 0.2) is 66.7 Å². The highest BCUT2D eigenvalue weighted by Gasteiger charge is 2.21. The zero-order valence-corrected chi connectivity index (χ0v) is 18.4. The first-order valence-corrected chi connectivity index (χ1v) is 11.4. The van der Waals surface area contributed by atoms with Crippen LogP contribution in [0.1, 0.15) is 38.7 Å². The second-order valence-electron chi connectivity index (χ2n) is 8.58. The van der Waals surface area contributed by atoms with Crippen molar-refractivity contribution in [1.29, 1.82) is 0 Å². The minimum absolute atomic E-state index is 0.150. The fourth-order valence-electron chi connectivity index (χ4n) is 3.79. The van der Waals surface area contributed by atoms with E-state index in [1.54, 1.807) is 6.07 Å². The van der Waals surface area contributed by atoms with E-state index in [0.29, 0.717) is 17.6 Å². The summed E-state index contributed by atoms with van der Waals surface area (Å²) in [5.74, 6) is 1.30. The third-order valence-corrected chi connectivity index (χ3v) is 6.04. The zero-order chi connectivity index (χ0) is 21.6. The molecule has 0 bridgehead atoms. The van der Waals surface area contributed by atoms with Gasteiger partial charge in [-0.15, -0.1) is 0 Å². The van der Waals surface area contributed by atoms with Gasteiger partial charge in [0.15, 0.2) is 0 Å². The van der Waals surface area contributed by atoms with E-state index in [0.717, 1.165) is 66.9 Å². The normalized spacial score (nSPS) is 16.2. The van der Waals surface area contributed by atoms with Crippen LogP contribution in [0.5, 0.6) is 5.75 Å². The van der Waals surface area contributed by atoms with Crippen LogP contribution in [0.3, 0.4) is 0 Å². The molecule has 1 aliphatic heterocycles. The quantitative estimate of drug-likeness (QED) is 0.254. The highest BCUT2D eigenvalue weighted by Crippen LogP contribution is 2.29. The molecule has 2 nitrogen and oxygen atoms in total. The Bertz CT molecular complexity index is 975. The van der Waals surface area contributed by atoms with Crippen LogP contribution >= 0.6 is 0 Å². The Labute approximate surface area is 185 Å². The Kier molecular flexibility index (Phi) is 7.03. The van der Waals surface area contributed by atoms with Crippen LogP contribution in [0.25, 0.3) is 22.3 Å². The van der Waals surface area contributed by atoms with Crippen LogP contribution in [0, 0.1) is 11.7 Å². The topological polar surface area (TPSA) is 21.8 Å². The highest BCUT2D eigenvalue weighted by molar-refractivity contribution is 5.71. The average Bonchev–Trinajstić information content (AvgIpc) is 3.62. The first-order chi connectivity index (χ1) is 15.1. The number of hydrogen-bond acceptors (Lipinski definition) is 2. The Hall–Kier alpha value is -2.65. The van der Waals surface area contributed by atoms with E-state index in [1.807, 2.05) is 42.5 Å². The molecule has 162 valence electrons. The molecule has 1 heterocycles. The lowest BCUT2D eigenvalue weighted by Gasteiger charge is -2.11. The molecule has 0 amide bonds. The highest BCUT2D eigenvalue weighted by atomic mass is 19.1. The minimum atomic E-state index is -0.150. The molecule has 1 aliphatic rings. The summed E-state index contributed by atoms with van der Waals surface area (Å²) in [7, 11) is 0. The summed E-state index contributed by atoms with van der Waals surface area (Å²) >= 11 is 0. The molecular weight excluding hydrogens is 387 g/mol. The predicted molar refractivity (Wildman–Crippen MR) is 125 cm³/mol. The molecule has 0 aliphatic carbocycles. The second-order valence-corrected chi connectivity index (χ2v) is 8.58. The Balaban J connectivity index is 1.38. The molecule has 1 fully saturated rings. The molecule has 0 aromatic heterocycles. The molecule has 4 rings (SSSR count). The molecule has 1 saturated heterocycles. The van der Waals surface area contributed by atoms with Gasteiger partial charge in [0.1, 0.15) is 11.6 Å². The standard InChI is InChI=1S/C28H31FO2/c1-3-20(2)17-21-6-15-27(28(29)18-21)24-9-7-22(8-10-24)23-11-13-25(14-12-23)30-16-4-5-26-19-31-26/h6-15,18,20,26H,3-5,16-17,19H2,1-2H3/t20-,26?/m0/s1. The predicted octanol–water partition coefficient (Wildman–Crippen LogP) is 7.31. The van der Waals surface area contributed by atoms with Gasteiger partial charge in [0, 0.05) is 5.56 Å². The summed E-state index contributed by atoms with van der Waals surface area (Å²) in [5.41, 5.74) is 4.84. The summed E-state index contributed by atoms with van der Waals surface area (Å²) in [6, 6.07) is 21.9. The summed E-state index contributed by atoms with van der Waals surface area (Å²) in [5, 5.41) is 0. The first-order valence-electron chi connectivity index (χ1n) is 11.4. The monoisotopic (exact) mass is 418 g/mol. The van der Waals surface area contributed by atoms with Gasteiger partial charge in [-0.05, 0) is 65.6 Å². The molecule has 0 spiro atoms. The van der Waals surface area contributed by atoms with Crippen LogP contribution in [-0.2, 0) is 11.2 Å². The van der Waals surface area contributed by atoms with Crippen molar-refractivity contribution >= 4 is 0 Å². The second kappa shape index (κ2) is 10.1. The lowest BCUT2D eigenvalue weighted by molar-refractivity contribution is 0.294. The van der Waals surface area contributed by atoms with Crippen LogP contribution in [0.4, 0.5) is 4.39 Å². The van der Waals surface area contributed by atoms with Crippen LogP contribution < -0.4 is 4.74 Å². The number of hydrogen-bond donors (Lipinski definition) is 0. The summed E-state index contributed by atoms with van der Waals surface area (Å²) < 4.78 is 25.7. The maximum atomic E-state index is 14.7. The Morgan fingerprint density at radius 2 is 1.61 bits per heavy atom. The van der Waals surface area contributed by atoms with Gasteiger partial charge < -0.3 is 9.47 Å². The van der Waals surface area contributed by atoms with Crippen molar-refractivity contribution < 1.29 is 13.9 Å². The number of epoxide rings is 1. The van der Waals surface area contributed by atoms with Gasteiger partial charge in [0.2, 0.25) is 0 Å². The maximum absolute atomic E-state index is 14.7. The lowest BCUT2D eigenvalue weighted by Crippen LogP contribution is -1.99. The number of benzene rings is 3. The van der Waals surface area contributed by atoms with E-state index in [1.165, 1.54) is 0 Å². The van der Waals surface area contributed by atoms with Gasteiger partial charge in [0.05, 0.1) is 19.3 Å². The third kappa shape index (κ3) is 5.95. The molecule has 31 heavy (non-hydrogen) atoms. The molecule has 3 aromatic carbocycles. The van der Waals surface area contributed by atoms with Gasteiger partial charge in [-0.25, -0.2) is 4.39 Å². The molecule has 1 unspecified atom stereocenters. The van der Waals surface area contributed by atoms with Gasteiger partial charge >= 0.3 is 0 Å². The molecule has 0 saturated carbocycles. The van der Waals surface area contributed by atoms with Crippen molar-refractivity contribution in [2.24, 2.45) is 5.92 Å². The van der Waals surface area contributed by atoms with Gasteiger partial charge in [-0.2, -0.15) is 0 Å². The van der Waals surface area contributed by atoms with Gasteiger partial charge in [-0.1, -0.05) is 68.8 Å². The molecule has 0 radical (unpaired) electrons. The first kappa shape index (κ1) is 21.6. The van der Waals surface area contributed by atoms with E-state index >= 15 is 0 Å². The largest absolute Gasteiger partial charge is 0.494 e. The summed E-state index contributed by atoms with van der Waals surface area (Å²) in [4.78, 5) is 0. The van der Waals surface area contributed by atoms with Crippen molar-refractivity contribution in [3.63, 3.8) is 0 Å². The Morgan fingerprint density at radius 3 is 2.23 bits per heavy atom. The molecule has 0 N–H and O–H groups in total. The van der Waals surface area contributed by atoms with E-state index in [-0.39, 0.29) is 5.82 Å². The van der Waals surface area contributed by atoms with E-state index in [4.69, 9.17) is 9.47 Å². The summed E-state index contributed by atoms with van der Waals surface area (Å²) in [6.45, 7) is 6.00. The molecule has 3 aromatic rings. The third-order valence-electron chi connectivity index (χ3n) is 6.04. The minimum Gasteiger partial charge on any atom is -0.494 e. The van der Waals surface area contributed by atoms with E-state index in [9.17, 15) is 4.39 Å². The van der Waals surface area contributed by atoms with Gasteiger partial charge in [-0.3, -0.25) is 0 Å². The number of ether oxygens (including phenoxy) is 2. The van der Waals surface area contributed by atoms with E-state index < -0.39 is 0 Å². The fourth-order valence-corrected chi connectivity index (χ4v) is 3.79. The van der Waals surface area contributed by atoms with Crippen molar-refractivity contribution in [1.82, 2.24) is 0 Å². The zero-order valence-electron chi connectivity index (χ0n) is 18.4. The summed E-state index contributed by atoms with van der Waals surface area (Å²) in [6.07, 6.45) is 4.58. The Morgan fingerprint density at radius 1 is 0.968 bits per heavy atom. The molecule has 2 atom stereocenters. The molecule has 3 heteroatoms. The number of rotatable bonds is 10. The lowest BCUT2D eigenvalue weighted by atomic mass is 9.95. The van der Waals surface area contributed by atoms with E-state index in [2.05, 4.69) is 32.0 Å². The van der Waals surface area contributed by atoms with Crippen molar-refractivity contribution in [2.75, 3.05) is 13.2 Å². The number of halogens is 1.